The summed E-state index contributed by atoms with van der Waals surface area (Å²) < 4.78 is 13.9. The standard InChI is InChI=1S/C24H29FN4/c1-15-11-18(24(2,3)4)13-21(26-15)16-9-10-17(12-16)22-14-23(29-28-22)27-20-8-6-5-7-19(20)25/h5-8,11,13-14,16-17H,9-10,12H2,1-4H3,(H2,27,28,29). The van der Waals surface area contributed by atoms with Crippen LogP contribution in [-0.4, -0.2) is 15.2 Å². The van der Waals surface area contributed by atoms with Gasteiger partial charge in [0.15, 0.2) is 5.82 Å². The van der Waals surface area contributed by atoms with E-state index in [-0.39, 0.29) is 11.2 Å². The largest absolute Gasteiger partial charge is 0.336 e. The zero-order chi connectivity index (χ0) is 20.6. The lowest BCUT2D eigenvalue weighted by molar-refractivity contribution is 0.581. The molecule has 2 aromatic heterocycles. The summed E-state index contributed by atoms with van der Waals surface area (Å²) in [4.78, 5) is 4.85. The summed E-state index contributed by atoms with van der Waals surface area (Å²) in [5.74, 6) is 1.26. The molecule has 29 heavy (non-hydrogen) atoms. The van der Waals surface area contributed by atoms with Crippen LogP contribution < -0.4 is 5.32 Å². The highest BCUT2D eigenvalue weighted by molar-refractivity contribution is 5.56. The minimum atomic E-state index is -0.279. The van der Waals surface area contributed by atoms with Crippen molar-refractivity contribution in [2.45, 2.75) is 64.2 Å². The number of anilines is 2. The first-order chi connectivity index (χ1) is 13.8. The van der Waals surface area contributed by atoms with Gasteiger partial charge in [-0.3, -0.25) is 10.1 Å². The number of aryl methyl sites for hydroxylation is 1. The molecule has 1 aromatic carbocycles. The van der Waals surface area contributed by atoms with Crippen LogP contribution in [0, 0.1) is 12.7 Å². The average Bonchev–Trinajstić information content (AvgIpc) is 3.32. The van der Waals surface area contributed by atoms with Crippen LogP contribution in [0.15, 0.2) is 42.5 Å². The summed E-state index contributed by atoms with van der Waals surface area (Å²) in [7, 11) is 0. The predicted molar refractivity (Wildman–Crippen MR) is 115 cm³/mol. The van der Waals surface area contributed by atoms with E-state index in [1.54, 1.807) is 18.2 Å². The summed E-state index contributed by atoms with van der Waals surface area (Å²) in [6.45, 7) is 8.83. The van der Waals surface area contributed by atoms with E-state index < -0.39 is 0 Å². The number of pyridine rings is 1. The zero-order valence-electron chi connectivity index (χ0n) is 17.6. The SMILES string of the molecule is Cc1cc(C(C)(C)C)cc(C2CCC(c3cc(Nc4ccccc4F)n[nH]3)C2)n1. The minimum Gasteiger partial charge on any atom is -0.336 e. The van der Waals surface area contributed by atoms with Crippen molar-refractivity contribution < 1.29 is 4.39 Å². The number of hydrogen-bond acceptors (Lipinski definition) is 3. The molecule has 2 heterocycles. The van der Waals surface area contributed by atoms with Gasteiger partial charge in [0.25, 0.3) is 0 Å². The zero-order valence-corrected chi connectivity index (χ0v) is 17.6. The Hall–Kier alpha value is -2.69. The number of H-pyrrole nitrogens is 1. The van der Waals surface area contributed by atoms with Gasteiger partial charge in [-0.25, -0.2) is 4.39 Å². The molecule has 5 heteroatoms. The normalized spacial score (nSPS) is 19.5. The number of rotatable bonds is 4. The summed E-state index contributed by atoms with van der Waals surface area (Å²) in [5, 5.41) is 10.5. The molecule has 0 bridgehead atoms. The van der Waals surface area contributed by atoms with E-state index in [9.17, 15) is 4.39 Å². The highest BCUT2D eigenvalue weighted by Gasteiger charge is 2.30. The molecule has 0 amide bonds. The van der Waals surface area contributed by atoms with Crippen molar-refractivity contribution in [1.82, 2.24) is 15.2 Å². The molecule has 1 saturated carbocycles. The first kappa shape index (κ1) is 19.6. The van der Waals surface area contributed by atoms with Gasteiger partial charge in [0.05, 0.1) is 5.69 Å². The summed E-state index contributed by atoms with van der Waals surface area (Å²) >= 11 is 0. The van der Waals surface area contributed by atoms with E-state index in [0.29, 0.717) is 23.3 Å². The fourth-order valence-corrected chi connectivity index (χ4v) is 4.18. The topological polar surface area (TPSA) is 53.6 Å². The van der Waals surface area contributed by atoms with Crippen molar-refractivity contribution in [1.29, 1.82) is 0 Å². The number of nitrogens with zero attached hydrogens (tertiary/aromatic N) is 2. The number of hydrogen-bond donors (Lipinski definition) is 2. The van der Waals surface area contributed by atoms with Gasteiger partial charge in [0.1, 0.15) is 5.82 Å². The molecule has 2 unspecified atom stereocenters. The van der Waals surface area contributed by atoms with Crippen LogP contribution in [0.4, 0.5) is 15.9 Å². The summed E-state index contributed by atoms with van der Waals surface area (Å²) in [6.07, 6.45) is 3.29. The number of para-hydroxylation sites is 1. The molecule has 1 fully saturated rings. The van der Waals surface area contributed by atoms with Crippen molar-refractivity contribution >= 4 is 11.5 Å². The van der Waals surface area contributed by atoms with Crippen LogP contribution in [0.2, 0.25) is 0 Å². The molecule has 1 aliphatic rings. The van der Waals surface area contributed by atoms with E-state index in [0.717, 1.165) is 30.7 Å². The van der Waals surface area contributed by atoms with E-state index in [4.69, 9.17) is 4.98 Å². The molecular formula is C24H29FN4. The third kappa shape index (κ3) is 4.34. The molecule has 2 atom stereocenters. The lowest BCUT2D eigenvalue weighted by Gasteiger charge is -2.22. The molecule has 0 spiro atoms. The lowest BCUT2D eigenvalue weighted by Crippen LogP contribution is -2.13. The van der Waals surface area contributed by atoms with Gasteiger partial charge in [-0.05, 0) is 61.4 Å². The highest BCUT2D eigenvalue weighted by Crippen LogP contribution is 2.43. The molecule has 1 aliphatic carbocycles. The van der Waals surface area contributed by atoms with E-state index in [1.807, 2.05) is 6.07 Å². The van der Waals surface area contributed by atoms with E-state index in [1.165, 1.54) is 17.3 Å². The molecule has 4 nitrogen and oxygen atoms in total. The van der Waals surface area contributed by atoms with Crippen molar-refractivity contribution in [3.8, 4) is 0 Å². The monoisotopic (exact) mass is 392 g/mol. The lowest BCUT2D eigenvalue weighted by atomic mass is 9.85. The summed E-state index contributed by atoms with van der Waals surface area (Å²) in [6, 6.07) is 13.1. The quantitative estimate of drug-likeness (QED) is 0.544. The number of nitrogens with one attached hydrogen (secondary N) is 2. The third-order valence-corrected chi connectivity index (χ3v) is 5.86. The molecule has 3 aromatic rings. The Morgan fingerprint density at radius 1 is 1.07 bits per heavy atom. The first-order valence-corrected chi connectivity index (χ1v) is 10.4. The second-order valence-corrected chi connectivity index (χ2v) is 9.19. The second kappa shape index (κ2) is 7.62. The van der Waals surface area contributed by atoms with Gasteiger partial charge >= 0.3 is 0 Å². The maximum atomic E-state index is 13.9. The van der Waals surface area contributed by atoms with Gasteiger partial charge in [-0.1, -0.05) is 32.9 Å². The first-order valence-electron chi connectivity index (χ1n) is 10.4. The Morgan fingerprint density at radius 3 is 2.59 bits per heavy atom. The Bertz CT molecular complexity index is 1000. The molecule has 0 saturated heterocycles. The molecule has 4 rings (SSSR count). The van der Waals surface area contributed by atoms with Gasteiger partial charge < -0.3 is 5.32 Å². The van der Waals surface area contributed by atoms with Crippen LogP contribution in [0.5, 0.6) is 0 Å². The molecule has 152 valence electrons. The second-order valence-electron chi connectivity index (χ2n) is 9.19. The number of aromatic nitrogens is 3. The number of benzene rings is 1. The smallest absolute Gasteiger partial charge is 0.152 e. The molecule has 2 N–H and O–H groups in total. The summed E-state index contributed by atoms with van der Waals surface area (Å²) in [5.41, 5.74) is 5.32. The van der Waals surface area contributed by atoms with Crippen molar-refractivity contribution in [2.75, 3.05) is 5.32 Å². The maximum Gasteiger partial charge on any atom is 0.152 e. The van der Waals surface area contributed by atoms with Gasteiger partial charge in [-0.2, -0.15) is 5.10 Å². The van der Waals surface area contributed by atoms with Gasteiger partial charge in [0.2, 0.25) is 0 Å². The fourth-order valence-electron chi connectivity index (χ4n) is 4.18. The van der Waals surface area contributed by atoms with Gasteiger partial charge in [-0.15, -0.1) is 0 Å². The van der Waals surface area contributed by atoms with E-state index >= 15 is 0 Å². The molecule has 0 radical (unpaired) electrons. The van der Waals surface area contributed by atoms with Crippen molar-refractivity contribution in [2.24, 2.45) is 0 Å². The van der Waals surface area contributed by atoms with E-state index in [2.05, 4.69) is 55.3 Å². The van der Waals surface area contributed by atoms with Crippen molar-refractivity contribution in [3.63, 3.8) is 0 Å². The third-order valence-electron chi connectivity index (χ3n) is 5.86. The Morgan fingerprint density at radius 2 is 1.83 bits per heavy atom. The minimum absolute atomic E-state index is 0.122. The Kier molecular flexibility index (Phi) is 5.15. The highest BCUT2D eigenvalue weighted by atomic mass is 19.1. The van der Waals surface area contributed by atoms with Crippen LogP contribution in [0.1, 0.15) is 74.5 Å². The Labute approximate surface area is 172 Å². The maximum absolute atomic E-state index is 13.9. The Balaban J connectivity index is 1.48. The number of halogens is 1. The predicted octanol–water partition coefficient (Wildman–Crippen LogP) is 6.34. The van der Waals surface area contributed by atoms with Crippen LogP contribution in [0.3, 0.4) is 0 Å². The molecule has 0 aliphatic heterocycles. The number of aromatic amines is 1. The van der Waals surface area contributed by atoms with Crippen LogP contribution >= 0.6 is 0 Å². The average molecular weight is 393 g/mol. The van der Waals surface area contributed by atoms with Crippen LogP contribution in [-0.2, 0) is 5.41 Å². The van der Waals surface area contributed by atoms with Crippen molar-refractivity contribution in [3.05, 3.63) is 70.9 Å². The molecular weight excluding hydrogens is 363 g/mol. The fraction of sp³-hybridized carbons (Fsp3) is 0.417. The van der Waals surface area contributed by atoms with Crippen LogP contribution in [0.25, 0.3) is 0 Å². The van der Waals surface area contributed by atoms with Gasteiger partial charge in [0, 0.05) is 35.0 Å².